The molecule has 0 amide bonds. The first-order valence-electron chi connectivity index (χ1n) is 4.04. The zero-order valence-electron chi connectivity index (χ0n) is 7.51. The van der Waals surface area contributed by atoms with E-state index < -0.39 is 0 Å². The highest BCUT2D eigenvalue weighted by atomic mass is 32.2. The third-order valence-corrected chi connectivity index (χ3v) is 2.25. The van der Waals surface area contributed by atoms with Crippen LogP contribution in [-0.2, 0) is 4.74 Å². The van der Waals surface area contributed by atoms with Crippen molar-refractivity contribution in [3.8, 4) is 0 Å². The third kappa shape index (κ3) is 8.17. The average molecular weight is 177 g/mol. The maximum atomic E-state index is 5.73. The second-order valence-electron chi connectivity index (χ2n) is 2.70. The summed E-state index contributed by atoms with van der Waals surface area (Å²) >= 11 is 1.89. The molecule has 0 aliphatic carbocycles. The maximum Gasteiger partial charge on any atom is 0.0613 e. The molecule has 0 heterocycles. The third-order valence-electron chi connectivity index (χ3n) is 1.55. The van der Waals surface area contributed by atoms with E-state index >= 15 is 0 Å². The van der Waals surface area contributed by atoms with E-state index in [4.69, 9.17) is 10.5 Å². The predicted molar refractivity (Wildman–Crippen MR) is 52.1 cm³/mol. The largest absolute Gasteiger partial charge is 0.383 e. The van der Waals surface area contributed by atoms with Gasteiger partial charge in [0.15, 0.2) is 0 Å². The average Bonchev–Trinajstić information content (AvgIpc) is 1.99. The van der Waals surface area contributed by atoms with Crippen molar-refractivity contribution in [2.45, 2.75) is 25.3 Å². The van der Waals surface area contributed by atoms with Gasteiger partial charge < -0.3 is 10.5 Å². The van der Waals surface area contributed by atoms with Crippen molar-refractivity contribution in [1.82, 2.24) is 0 Å². The molecule has 1 unspecified atom stereocenters. The number of ether oxygens (including phenoxy) is 1. The molecule has 0 aromatic carbocycles. The molecule has 2 nitrogen and oxygen atoms in total. The molecule has 11 heavy (non-hydrogen) atoms. The molecule has 1 atom stereocenters. The minimum atomic E-state index is 0.238. The molecule has 0 aromatic rings. The lowest BCUT2D eigenvalue weighted by atomic mass is 10.1. The number of hydrogen-bond acceptors (Lipinski definition) is 3. The van der Waals surface area contributed by atoms with E-state index in [0.717, 1.165) is 6.42 Å². The van der Waals surface area contributed by atoms with Crippen LogP contribution in [0.1, 0.15) is 19.3 Å². The number of unbranched alkanes of at least 4 members (excludes halogenated alkanes) is 1. The summed E-state index contributed by atoms with van der Waals surface area (Å²) in [7, 11) is 1.70. The van der Waals surface area contributed by atoms with Crippen molar-refractivity contribution in [3.63, 3.8) is 0 Å². The molecule has 0 saturated carbocycles. The van der Waals surface area contributed by atoms with Gasteiger partial charge in [0.25, 0.3) is 0 Å². The Labute approximate surface area is 73.9 Å². The van der Waals surface area contributed by atoms with Crippen LogP contribution in [0.4, 0.5) is 0 Å². The molecule has 0 aliphatic heterocycles. The minimum absolute atomic E-state index is 0.238. The Morgan fingerprint density at radius 1 is 1.45 bits per heavy atom. The van der Waals surface area contributed by atoms with Crippen molar-refractivity contribution in [1.29, 1.82) is 0 Å². The summed E-state index contributed by atoms with van der Waals surface area (Å²) in [6.07, 6.45) is 5.73. The molecule has 0 spiro atoms. The number of methoxy groups -OCH3 is 1. The second-order valence-corrected chi connectivity index (χ2v) is 3.69. The first kappa shape index (κ1) is 11.3. The highest BCUT2D eigenvalue weighted by Crippen LogP contribution is 2.03. The minimum Gasteiger partial charge on any atom is -0.383 e. The van der Waals surface area contributed by atoms with Gasteiger partial charge in [0, 0.05) is 13.2 Å². The fourth-order valence-corrected chi connectivity index (χ4v) is 1.44. The van der Waals surface area contributed by atoms with Gasteiger partial charge in [-0.3, -0.25) is 0 Å². The zero-order chi connectivity index (χ0) is 8.53. The van der Waals surface area contributed by atoms with Crippen molar-refractivity contribution in [2.24, 2.45) is 5.73 Å². The lowest BCUT2D eigenvalue weighted by molar-refractivity contribution is 0.176. The first-order chi connectivity index (χ1) is 5.31. The molecular weight excluding hydrogens is 158 g/mol. The second kappa shape index (κ2) is 8.37. The van der Waals surface area contributed by atoms with Crippen molar-refractivity contribution in [3.05, 3.63) is 0 Å². The monoisotopic (exact) mass is 177 g/mol. The molecule has 0 bridgehead atoms. The highest BCUT2D eigenvalue weighted by Gasteiger charge is 1.99. The Kier molecular flexibility index (Phi) is 8.57. The van der Waals surface area contributed by atoms with Crippen LogP contribution >= 0.6 is 11.8 Å². The molecule has 0 aliphatic rings. The zero-order valence-corrected chi connectivity index (χ0v) is 8.32. The maximum absolute atomic E-state index is 5.73. The Morgan fingerprint density at radius 2 is 2.18 bits per heavy atom. The Balaban J connectivity index is 2.97. The van der Waals surface area contributed by atoms with Crippen LogP contribution in [0.25, 0.3) is 0 Å². The van der Waals surface area contributed by atoms with Crippen LogP contribution in [0, 0.1) is 0 Å². The van der Waals surface area contributed by atoms with E-state index in [-0.39, 0.29) is 6.04 Å². The summed E-state index contributed by atoms with van der Waals surface area (Å²) in [6.45, 7) is 0.694. The van der Waals surface area contributed by atoms with Crippen LogP contribution in [-0.4, -0.2) is 31.8 Å². The van der Waals surface area contributed by atoms with Crippen LogP contribution < -0.4 is 5.73 Å². The summed E-state index contributed by atoms with van der Waals surface area (Å²) in [4.78, 5) is 0. The van der Waals surface area contributed by atoms with Crippen LogP contribution in [0.2, 0.25) is 0 Å². The number of thioether (sulfide) groups is 1. The van der Waals surface area contributed by atoms with Gasteiger partial charge >= 0.3 is 0 Å². The Hall–Kier alpha value is 0.270. The molecular formula is C8H19NOS. The van der Waals surface area contributed by atoms with Crippen LogP contribution in [0.5, 0.6) is 0 Å². The van der Waals surface area contributed by atoms with Gasteiger partial charge in [-0.05, 0) is 24.9 Å². The SMILES string of the molecule is COCC(N)CCCCSC. The number of hydrogen-bond donors (Lipinski definition) is 1. The topological polar surface area (TPSA) is 35.2 Å². The van der Waals surface area contributed by atoms with Crippen LogP contribution in [0.15, 0.2) is 0 Å². The van der Waals surface area contributed by atoms with E-state index in [1.165, 1.54) is 18.6 Å². The fourth-order valence-electron chi connectivity index (χ4n) is 0.950. The molecule has 0 fully saturated rings. The van der Waals surface area contributed by atoms with Gasteiger partial charge in [0.05, 0.1) is 6.61 Å². The Bertz CT molecular complexity index is 80.5. The number of rotatable bonds is 7. The van der Waals surface area contributed by atoms with Gasteiger partial charge in [-0.15, -0.1) is 0 Å². The van der Waals surface area contributed by atoms with Crippen molar-refractivity contribution < 1.29 is 4.74 Å². The van der Waals surface area contributed by atoms with Gasteiger partial charge in [0.1, 0.15) is 0 Å². The fraction of sp³-hybridized carbons (Fsp3) is 1.00. The van der Waals surface area contributed by atoms with Crippen molar-refractivity contribution >= 4 is 11.8 Å². The van der Waals surface area contributed by atoms with Gasteiger partial charge in [0.2, 0.25) is 0 Å². The molecule has 3 heteroatoms. The highest BCUT2D eigenvalue weighted by molar-refractivity contribution is 7.98. The molecule has 0 rings (SSSR count). The summed E-state index contributed by atoms with van der Waals surface area (Å²) < 4.78 is 4.93. The lowest BCUT2D eigenvalue weighted by Gasteiger charge is -2.08. The molecule has 2 N–H and O–H groups in total. The Morgan fingerprint density at radius 3 is 2.73 bits per heavy atom. The van der Waals surface area contributed by atoms with E-state index in [0.29, 0.717) is 6.61 Å². The summed E-state index contributed by atoms with van der Waals surface area (Å²) in [5.41, 5.74) is 5.73. The van der Waals surface area contributed by atoms with Gasteiger partial charge in [-0.2, -0.15) is 11.8 Å². The van der Waals surface area contributed by atoms with E-state index in [1.54, 1.807) is 7.11 Å². The van der Waals surface area contributed by atoms with Gasteiger partial charge in [-0.1, -0.05) is 6.42 Å². The first-order valence-corrected chi connectivity index (χ1v) is 5.44. The summed E-state index contributed by atoms with van der Waals surface area (Å²) in [5, 5.41) is 0. The molecule has 68 valence electrons. The van der Waals surface area contributed by atoms with Gasteiger partial charge in [-0.25, -0.2) is 0 Å². The lowest BCUT2D eigenvalue weighted by Crippen LogP contribution is -2.25. The van der Waals surface area contributed by atoms with E-state index in [2.05, 4.69) is 6.26 Å². The standard InChI is InChI=1S/C8H19NOS/c1-10-7-8(9)5-3-4-6-11-2/h8H,3-7,9H2,1-2H3. The van der Waals surface area contributed by atoms with Crippen molar-refractivity contribution in [2.75, 3.05) is 25.7 Å². The van der Waals surface area contributed by atoms with Crippen LogP contribution in [0.3, 0.4) is 0 Å². The molecule has 0 saturated heterocycles. The normalized spacial score (nSPS) is 13.4. The van der Waals surface area contributed by atoms with E-state index in [1.807, 2.05) is 11.8 Å². The van der Waals surface area contributed by atoms with E-state index in [9.17, 15) is 0 Å². The quantitative estimate of drug-likeness (QED) is 0.598. The summed E-state index contributed by atoms with van der Waals surface area (Å²) in [5.74, 6) is 1.25. The number of nitrogens with two attached hydrogens (primary N) is 1. The predicted octanol–water partition coefficient (Wildman–Crippen LogP) is 1.49. The molecule has 0 radical (unpaired) electrons. The molecule has 0 aromatic heterocycles. The smallest absolute Gasteiger partial charge is 0.0613 e. The summed E-state index contributed by atoms with van der Waals surface area (Å²) in [6, 6.07) is 0.238.